The molecular weight excluding hydrogens is 449 g/mol. The van der Waals surface area contributed by atoms with Crippen molar-refractivity contribution in [2.45, 2.75) is 64.3 Å². The van der Waals surface area contributed by atoms with Crippen LogP contribution in [-0.4, -0.2) is 50.6 Å². The van der Waals surface area contributed by atoms with Gasteiger partial charge in [0.25, 0.3) is 5.91 Å². The second kappa shape index (κ2) is 10.2. The number of nitrogens with one attached hydrogen (secondary N) is 1. The van der Waals surface area contributed by atoms with Crippen molar-refractivity contribution in [1.29, 1.82) is 0 Å². The molecule has 1 N–H and O–H groups in total. The first-order valence-corrected chi connectivity index (χ1v) is 12.2. The Balaban J connectivity index is 1.39. The van der Waals surface area contributed by atoms with Crippen molar-refractivity contribution in [2.75, 3.05) is 13.1 Å². The number of carbonyl (C=O) groups is 2. The van der Waals surface area contributed by atoms with Crippen molar-refractivity contribution in [3.8, 4) is 5.69 Å². The normalized spacial score (nSPS) is 18.0. The van der Waals surface area contributed by atoms with Gasteiger partial charge in [-0.05, 0) is 37.8 Å². The summed E-state index contributed by atoms with van der Waals surface area (Å²) in [7, 11) is 0. The Morgan fingerprint density at radius 3 is 2.34 bits per heavy atom. The smallest absolute Gasteiger partial charge is 0.291 e. The van der Waals surface area contributed by atoms with E-state index in [2.05, 4.69) is 15.4 Å². The van der Waals surface area contributed by atoms with Gasteiger partial charge in [-0.25, -0.2) is 9.67 Å². The van der Waals surface area contributed by atoms with Crippen molar-refractivity contribution in [3.63, 3.8) is 0 Å². The lowest BCUT2D eigenvalue weighted by molar-refractivity contribution is -0.137. The SMILES string of the molecule is CCc1nc(C(=O)NC2CCN(C(=O)C3CCCCC3)CC2)nn1-c1c(Cl)cccc1Cl. The summed E-state index contributed by atoms with van der Waals surface area (Å²) in [6.45, 7) is 3.29. The van der Waals surface area contributed by atoms with Gasteiger partial charge in [0.15, 0.2) is 0 Å². The van der Waals surface area contributed by atoms with E-state index in [1.165, 1.54) is 6.42 Å². The van der Waals surface area contributed by atoms with Crippen LogP contribution in [0.5, 0.6) is 0 Å². The van der Waals surface area contributed by atoms with Gasteiger partial charge in [0, 0.05) is 31.5 Å². The molecule has 1 aromatic heterocycles. The fraction of sp³-hybridized carbons (Fsp3) is 0.565. The predicted molar refractivity (Wildman–Crippen MR) is 124 cm³/mol. The number of hydrogen-bond acceptors (Lipinski definition) is 4. The van der Waals surface area contributed by atoms with Crippen LogP contribution in [0, 0.1) is 5.92 Å². The number of rotatable bonds is 5. The summed E-state index contributed by atoms with van der Waals surface area (Å²) in [5.41, 5.74) is 0.522. The minimum absolute atomic E-state index is 0.00108. The van der Waals surface area contributed by atoms with Crippen molar-refractivity contribution >= 4 is 35.0 Å². The third-order valence-corrected chi connectivity index (χ3v) is 7.05. The minimum Gasteiger partial charge on any atom is -0.346 e. The first-order chi connectivity index (χ1) is 15.5. The van der Waals surface area contributed by atoms with Gasteiger partial charge in [-0.3, -0.25) is 9.59 Å². The number of aromatic nitrogens is 3. The van der Waals surface area contributed by atoms with Crippen molar-refractivity contribution in [1.82, 2.24) is 25.0 Å². The maximum absolute atomic E-state index is 12.9. The summed E-state index contributed by atoms with van der Waals surface area (Å²) in [6.07, 6.45) is 7.62. The average Bonchev–Trinajstić information content (AvgIpc) is 3.24. The Hall–Kier alpha value is -2.12. The fourth-order valence-corrected chi connectivity index (χ4v) is 5.20. The van der Waals surface area contributed by atoms with Crippen molar-refractivity contribution in [2.24, 2.45) is 5.92 Å². The topological polar surface area (TPSA) is 80.1 Å². The molecule has 0 bridgehead atoms. The molecule has 172 valence electrons. The zero-order valence-electron chi connectivity index (χ0n) is 18.3. The first-order valence-electron chi connectivity index (χ1n) is 11.5. The van der Waals surface area contributed by atoms with Gasteiger partial charge in [0.05, 0.1) is 10.0 Å². The number of aryl methyl sites for hydroxylation is 1. The minimum atomic E-state index is -0.321. The third-order valence-electron chi connectivity index (χ3n) is 6.44. The van der Waals surface area contributed by atoms with E-state index in [-0.39, 0.29) is 23.7 Å². The quantitative estimate of drug-likeness (QED) is 0.689. The van der Waals surface area contributed by atoms with Gasteiger partial charge < -0.3 is 10.2 Å². The van der Waals surface area contributed by atoms with Crippen LogP contribution >= 0.6 is 23.2 Å². The van der Waals surface area contributed by atoms with E-state index >= 15 is 0 Å². The first kappa shape index (κ1) is 23.1. The molecule has 1 aliphatic heterocycles. The van der Waals surface area contributed by atoms with E-state index in [1.54, 1.807) is 22.9 Å². The molecule has 2 fully saturated rings. The van der Waals surface area contributed by atoms with Gasteiger partial charge >= 0.3 is 0 Å². The maximum atomic E-state index is 12.9. The highest BCUT2D eigenvalue weighted by atomic mass is 35.5. The summed E-state index contributed by atoms with van der Waals surface area (Å²) in [4.78, 5) is 32.0. The van der Waals surface area contributed by atoms with Gasteiger partial charge in [-0.2, -0.15) is 0 Å². The van der Waals surface area contributed by atoms with E-state index in [9.17, 15) is 9.59 Å². The largest absolute Gasteiger partial charge is 0.346 e. The molecule has 1 saturated heterocycles. The number of amides is 2. The second-order valence-corrected chi connectivity index (χ2v) is 9.41. The van der Waals surface area contributed by atoms with Crippen LogP contribution in [0.3, 0.4) is 0 Å². The molecule has 7 nitrogen and oxygen atoms in total. The molecule has 1 saturated carbocycles. The van der Waals surface area contributed by atoms with Crippen molar-refractivity contribution in [3.05, 3.63) is 39.9 Å². The average molecular weight is 478 g/mol. The number of carbonyl (C=O) groups excluding carboxylic acids is 2. The van der Waals surface area contributed by atoms with E-state index < -0.39 is 0 Å². The number of benzene rings is 1. The van der Waals surface area contributed by atoms with Crippen LogP contribution in [0.4, 0.5) is 0 Å². The number of hydrogen-bond donors (Lipinski definition) is 1. The molecule has 9 heteroatoms. The molecule has 32 heavy (non-hydrogen) atoms. The van der Waals surface area contributed by atoms with Gasteiger partial charge in [0.2, 0.25) is 11.7 Å². The van der Waals surface area contributed by atoms with E-state index in [0.29, 0.717) is 47.0 Å². The highest BCUT2D eigenvalue weighted by molar-refractivity contribution is 6.37. The molecule has 0 atom stereocenters. The number of piperidine rings is 1. The van der Waals surface area contributed by atoms with Gasteiger partial charge in [-0.1, -0.05) is 55.5 Å². The van der Waals surface area contributed by atoms with Gasteiger partial charge in [0.1, 0.15) is 11.5 Å². The molecule has 2 aromatic rings. The highest BCUT2D eigenvalue weighted by Gasteiger charge is 2.30. The Kier molecular flexibility index (Phi) is 7.36. The van der Waals surface area contributed by atoms with Crippen LogP contribution in [0.15, 0.2) is 18.2 Å². The van der Waals surface area contributed by atoms with Crippen LogP contribution in [0.1, 0.15) is 68.3 Å². The zero-order valence-corrected chi connectivity index (χ0v) is 19.8. The van der Waals surface area contributed by atoms with Crippen LogP contribution in [-0.2, 0) is 11.2 Å². The number of nitrogens with zero attached hydrogens (tertiary/aromatic N) is 4. The summed E-state index contributed by atoms with van der Waals surface area (Å²) in [5.74, 6) is 0.863. The molecule has 0 radical (unpaired) electrons. The van der Waals surface area contributed by atoms with E-state index in [1.807, 2.05) is 11.8 Å². The Morgan fingerprint density at radius 2 is 1.72 bits per heavy atom. The van der Waals surface area contributed by atoms with Crippen molar-refractivity contribution < 1.29 is 9.59 Å². The molecule has 2 aliphatic rings. The number of para-hydroxylation sites is 1. The van der Waals surface area contributed by atoms with Gasteiger partial charge in [-0.15, -0.1) is 5.10 Å². The summed E-state index contributed by atoms with van der Waals surface area (Å²) < 4.78 is 1.55. The zero-order chi connectivity index (χ0) is 22.7. The third kappa shape index (κ3) is 4.94. The van der Waals surface area contributed by atoms with E-state index in [0.717, 1.165) is 38.5 Å². The molecule has 0 spiro atoms. The molecule has 4 rings (SSSR count). The number of likely N-dealkylation sites (tertiary alicyclic amines) is 1. The second-order valence-electron chi connectivity index (χ2n) is 8.60. The maximum Gasteiger partial charge on any atom is 0.291 e. The molecule has 2 amide bonds. The molecule has 2 heterocycles. The van der Waals surface area contributed by atoms with Crippen LogP contribution in [0.2, 0.25) is 10.0 Å². The Labute approximate surface area is 198 Å². The lowest BCUT2D eigenvalue weighted by Crippen LogP contribution is -2.48. The monoisotopic (exact) mass is 477 g/mol. The highest BCUT2D eigenvalue weighted by Crippen LogP contribution is 2.29. The lowest BCUT2D eigenvalue weighted by atomic mass is 9.87. The molecule has 1 aromatic carbocycles. The predicted octanol–water partition coefficient (Wildman–Crippen LogP) is 4.44. The van der Waals surface area contributed by atoms with Crippen LogP contribution in [0.25, 0.3) is 5.69 Å². The molecular formula is C23H29Cl2N5O2. The standard InChI is InChI=1S/C23H29Cl2N5O2/c1-2-19-27-21(28-30(19)20-17(24)9-6-10-18(20)25)22(31)26-16-11-13-29(14-12-16)23(32)15-7-4-3-5-8-15/h6,9-10,15-16H,2-5,7-8,11-14H2,1H3,(H,26,31). The summed E-state index contributed by atoms with van der Waals surface area (Å²) >= 11 is 12.7. The Morgan fingerprint density at radius 1 is 1.06 bits per heavy atom. The molecule has 1 aliphatic carbocycles. The fourth-order valence-electron chi connectivity index (χ4n) is 4.64. The summed E-state index contributed by atoms with van der Waals surface area (Å²) in [6, 6.07) is 5.21. The van der Waals surface area contributed by atoms with E-state index in [4.69, 9.17) is 23.2 Å². The summed E-state index contributed by atoms with van der Waals surface area (Å²) in [5, 5.41) is 8.33. The number of halogens is 2. The Bertz CT molecular complexity index is 959. The van der Waals surface area contributed by atoms with Crippen LogP contribution < -0.4 is 5.32 Å². The lowest BCUT2D eigenvalue weighted by Gasteiger charge is -2.35. The molecule has 0 unspecified atom stereocenters.